The lowest BCUT2D eigenvalue weighted by molar-refractivity contribution is 0.384. The summed E-state index contributed by atoms with van der Waals surface area (Å²) in [5, 5.41) is 0. The summed E-state index contributed by atoms with van der Waals surface area (Å²) in [6.07, 6.45) is 0. The molecule has 136 valence electrons. The monoisotopic (exact) mass is 381 g/mol. The second-order valence-electron chi connectivity index (χ2n) is 6.28. The molecule has 3 rings (SSSR count). The van der Waals surface area contributed by atoms with Crippen LogP contribution in [0.15, 0.2) is 22.4 Å². The normalized spacial score (nSPS) is 16.2. The number of thiophene rings is 1. The lowest BCUT2D eigenvalue weighted by Gasteiger charge is -2.34. The van der Waals surface area contributed by atoms with Gasteiger partial charge in [0.05, 0.1) is 0 Å². The first-order chi connectivity index (χ1) is 11.8. The molecule has 0 atom stereocenters. The Bertz CT molecular complexity index is 855. The van der Waals surface area contributed by atoms with E-state index in [0.717, 1.165) is 16.5 Å². The van der Waals surface area contributed by atoms with E-state index in [1.165, 1.54) is 11.3 Å². The minimum Gasteiger partial charge on any atom is -0.363 e. The third kappa shape index (κ3) is 3.78. The molecular formula is C16H23N5O2S2. The molecule has 1 aliphatic heterocycles. The minimum atomic E-state index is -3.39. The number of hydrogen-bond donors (Lipinski definition) is 0. The Labute approximate surface area is 153 Å². The van der Waals surface area contributed by atoms with Crippen LogP contribution in [0.4, 0.5) is 11.6 Å². The molecule has 0 aliphatic carbocycles. The zero-order valence-electron chi connectivity index (χ0n) is 14.9. The predicted molar refractivity (Wildman–Crippen MR) is 101 cm³/mol. The molecule has 0 amide bonds. The van der Waals surface area contributed by atoms with Crippen LogP contribution in [0.5, 0.6) is 0 Å². The third-order valence-electron chi connectivity index (χ3n) is 4.14. The van der Waals surface area contributed by atoms with Crippen molar-refractivity contribution in [3.63, 3.8) is 0 Å². The lowest BCUT2D eigenvalue weighted by Crippen LogP contribution is -2.48. The molecule has 1 fully saturated rings. The van der Waals surface area contributed by atoms with Crippen LogP contribution < -0.4 is 9.80 Å². The highest BCUT2D eigenvalue weighted by Crippen LogP contribution is 2.26. The smallest absolute Gasteiger partial charge is 0.252 e. The molecule has 7 nitrogen and oxygen atoms in total. The van der Waals surface area contributed by atoms with Gasteiger partial charge in [0.15, 0.2) is 0 Å². The molecule has 2 aromatic rings. The molecule has 1 aliphatic rings. The van der Waals surface area contributed by atoms with E-state index in [-0.39, 0.29) is 0 Å². The van der Waals surface area contributed by atoms with Gasteiger partial charge in [-0.25, -0.2) is 18.4 Å². The summed E-state index contributed by atoms with van der Waals surface area (Å²) in [6.45, 7) is 5.94. The minimum absolute atomic E-state index is 0.422. The third-order valence-corrected chi connectivity index (χ3v) is 7.51. The van der Waals surface area contributed by atoms with E-state index in [0.29, 0.717) is 36.2 Å². The van der Waals surface area contributed by atoms with Gasteiger partial charge in [-0.2, -0.15) is 4.31 Å². The van der Waals surface area contributed by atoms with Crippen LogP contribution in [0.1, 0.15) is 10.7 Å². The van der Waals surface area contributed by atoms with Crippen molar-refractivity contribution in [2.45, 2.75) is 18.1 Å². The maximum atomic E-state index is 12.7. The first kappa shape index (κ1) is 18.1. The van der Waals surface area contributed by atoms with Crippen molar-refractivity contribution in [3.8, 4) is 0 Å². The average Bonchev–Trinajstić information content (AvgIpc) is 3.01. The number of piperazine rings is 1. The van der Waals surface area contributed by atoms with Crippen LogP contribution >= 0.6 is 11.3 Å². The van der Waals surface area contributed by atoms with E-state index in [9.17, 15) is 8.42 Å². The van der Waals surface area contributed by atoms with Crippen molar-refractivity contribution in [2.24, 2.45) is 0 Å². The van der Waals surface area contributed by atoms with Crippen molar-refractivity contribution in [2.75, 3.05) is 50.1 Å². The Balaban J connectivity index is 1.74. The quantitative estimate of drug-likeness (QED) is 0.803. The average molecular weight is 382 g/mol. The molecule has 0 radical (unpaired) electrons. The van der Waals surface area contributed by atoms with Crippen LogP contribution in [0.3, 0.4) is 0 Å². The topological polar surface area (TPSA) is 69.6 Å². The maximum Gasteiger partial charge on any atom is 0.252 e. The van der Waals surface area contributed by atoms with Gasteiger partial charge in [0, 0.05) is 51.2 Å². The summed E-state index contributed by atoms with van der Waals surface area (Å²) >= 11 is 1.32. The van der Waals surface area contributed by atoms with Gasteiger partial charge < -0.3 is 9.80 Å². The highest BCUT2D eigenvalue weighted by molar-refractivity contribution is 7.91. The highest BCUT2D eigenvalue weighted by atomic mass is 32.2. The zero-order valence-corrected chi connectivity index (χ0v) is 16.6. The van der Waals surface area contributed by atoms with Crippen molar-refractivity contribution < 1.29 is 8.42 Å². The van der Waals surface area contributed by atoms with Gasteiger partial charge in [0.2, 0.25) is 0 Å². The van der Waals surface area contributed by atoms with Gasteiger partial charge in [0.25, 0.3) is 10.0 Å². The standard InChI is InChI=1S/C16H23N5O2S2/c1-12-5-6-16(24-12)25(22,23)21-9-7-20(8-10-21)15-11-14(19(3)4)17-13(2)18-15/h5-6,11H,7-10H2,1-4H3. The molecule has 2 aromatic heterocycles. The van der Waals surface area contributed by atoms with Crippen LogP contribution in [0, 0.1) is 13.8 Å². The molecule has 0 N–H and O–H groups in total. The molecular weight excluding hydrogens is 358 g/mol. The van der Waals surface area contributed by atoms with Crippen molar-refractivity contribution in [1.82, 2.24) is 14.3 Å². The molecule has 0 unspecified atom stereocenters. The lowest BCUT2D eigenvalue weighted by atomic mass is 10.3. The number of aryl methyl sites for hydroxylation is 2. The van der Waals surface area contributed by atoms with Crippen LogP contribution in [-0.2, 0) is 10.0 Å². The predicted octanol–water partition coefficient (Wildman–Crippen LogP) is 1.73. The van der Waals surface area contributed by atoms with Gasteiger partial charge >= 0.3 is 0 Å². The number of sulfonamides is 1. The number of rotatable bonds is 4. The first-order valence-electron chi connectivity index (χ1n) is 8.12. The van der Waals surface area contributed by atoms with E-state index in [1.54, 1.807) is 10.4 Å². The molecule has 0 saturated carbocycles. The van der Waals surface area contributed by atoms with E-state index in [4.69, 9.17) is 0 Å². The van der Waals surface area contributed by atoms with Gasteiger partial charge in [-0.3, -0.25) is 0 Å². The largest absolute Gasteiger partial charge is 0.363 e. The molecule has 0 spiro atoms. The van der Waals surface area contributed by atoms with E-state index in [2.05, 4.69) is 14.9 Å². The van der Waals surface area contributed by atoms with E-state index >= 15 is 0 Å². The Morgan fingerprint density at radius 1 is 1.08 bits per heavy atom. The number of hydrogen-bond acceptors (Lipinski definition) is 7. The maximum absolute atomic E-state index is 12.7. The van der Waals surface area contributed by atoms with E-state index < -0.39 is 10.0 Å². The summed E-state index contributed by atoms with van der Waals surface area (Å²) < 4.78 is 27.4. The van der Waals surface area contributed by atoms with Gasteiger partial charge in [-0.15, -0.1) is 11.3 Å². The van der Waals surface area contributed by atoms with Gasteiger partial charge in [-0.05, 0) is 26.0 Å². The molecule has 9 heteroatoms. The summed E-state index contributed by atoms with van der Waals surface area (Å²) in [5.74, 6) is 2.41. The van der Waals surface area contributed by atoms with Crippen LogP contribution in [-0.4, -0.2) is 63.0 Å². The molecule has 3 heterocycles. The van der Waals surface area contributed by atoms with Gasteiger partial charge in [-0.1, -0.05) is 0 Å². The van der Waals surface area contributed by atoms with Crippen molar-refractivity contribution in [3.05, 3.63) is 28.9 Å². The fourth-order valence-corrected chi connectivity index (χ4v) is 5.62. The van der Waals surface area contributed by atoms with Crippen molar-refractivity contribution >= 4 is 33.0 Å². The first-order valence-corrected chi connectivity index (χ1v) is 10.4. The Kier molecular flexibility index (Phi) is 4.99. The number of anilines is 2. The summed E-state index contributed by atoms with van der Waals surface area (Å²) in [4.78, 5) is 14.0. The fraction of sp³-hybridized carbons (Fsp3) is 0.500. The molecule has 25 heavy (non-hydrogen) atoms. The summed E-state index contributed by atoms with van der Waals surface area (Å²) in [6, 6.07) is 5.49. The number of nitrogens with zero attached hydrogens (tertiary/aromatic N) is 5. The van der Waals surface area contributed by atoms with Gasteiger partial charge in [0.1, 0.15) is 21.7 Å². The molecule has 0 bridgehead atoms. The highest BCUT2D eigenvalue weighted by Gasteiger charge is 2.30. The van der Waals surface area contributed by atoms with Crippen LogP contribution in [0.25, 0.3) is 0 Å². The summed E-state index contributed by atoms with van der Waals surface area (Å²) in [5.41, 5.74) is 0. The number of aromatic nitrogens is 2. The second kappa shape index (κ2) is 6.89. The Morgan fingerprint density at radius 3 is 2.32 bits per heavy atom. The fourth-order valence-electron chi connectivity index (χ4n) is 2.76. The van der Waals surface area contributed by atoms with E-state index in [1.807, 2.05) is 45.0 Å². The Hall–Kier alpha value is -1.71. The molecule has 1 saturated heterocycles. The summed E-state index contributed by atoms with van der Waals surface area (Å²) in [7, 11) is 0.495. The second-order valence-corrected chi connectivity index (χ2v) is 9.73. The SMILES string of the molecule is Cc1nc(N(C)C)cc(N2CCN(S(=O)(=O)c3ccc(C)s3)CC2)n1. The molecule has 0 aromatic carbocycles. The Morgan fingerprint density at radius 2 is 1.76 bits per heavy atom. The van der Waals surface area contributed by atoms with Crippen molar-refractivity contribution in [1.29, 1.82) is 0 Å². The zero-order chi connectivity index (χ0) is 18.2. The van der Waals surface area contributed by atoms with Crippen LogP contribution in [0.2, 0.25) is 0 Å².